The lowest BCUT2D eigenvalue weighted by atomic mass is 9.95. The molecule has 0 atom stereocenters. The lowest BCUT2D eigenvalue weighted by Crippen LogP contribution is -2.31. The third-order valence-electron chi connectivity index (χ3n) is 21.7. The fourth-order valence-electron chi connectivity index (χ4n) is 16.3. The summed E-state index contributed by atoms with van der Waals surface area (Å²) in [4.78, 5) is 17.7. The predicted molar refractivity (Wildman–Crippen MR) is 452 cm³/mol. The molecule has 0 fully saturated rings. The predicted octanol–water partition coefficient (Wildman–Crippen LogP) is 23.0. The van der Waals surface area contributed by atoms with E-state index in [0.717, 1.165) is 110 Å². The Morgan fingerprint density at radius 2 is 0.536 bits per heavy atom. The fraction of sp³-hybridized carbons (Fsp3) is 0.120. The normalized spacial score (nSPS) is 11.4. The van der Waals surface area contributed by atoms with E-state index in [4.69, 9.17) is 17.7 Å². The van der Waals surface area contributed by atoms with Crippen molar-refractivity contribution in [2.24, 2.45) is 28.2 Å². The molecule has 0 unspecified atom stereocenters. The molecule has 0 aliphatic heterocycles. The molecule has 12 nitrogen and oxygen atoms in total. The molecule has 0 amide bonds. The van der Waals surface area contributed by atoms with E-state index in [-0.39, 0.29) is 0 Å². The zero-order chi connectivity index (χ0) is 77.0. The lowest BCUT2D eigenvalue weighted by molar-refractivity contribution is -0.660. The highest BCUT2D eigenvalue weighted by Crippen LogP contribution is 2.43. The van der Waals surface area contributed by atoms with Crippen LogP contribution in [-0.2, 0) is 28.2 Å². The van der Waals surface area contributed by atoms with Crippen LogP contribution in [0.5, 0.6) is 0 Å². The summed E-state index contributed by atoms with van der Waals surface area (Å²) in [6.45, 7) is 17.2. The first-order chi connectivity index (χ1) is 54.5. The quantitative estimate of drug-likeness (QED) is 0.138. The van der Waals surface area contributed by atoms with Gasteiger partial charge in [0.1, 0.15) is 28.2 Å². The maximum Gasteiger partial charge on any atom is 0.227 e. The van der Waals surface area contributed by atoms with Gasteiger partial charge in [0.25, 0.3) is 0 Å². The molecule has 0 bridgehead atoms. The van der Waals surface area contributed by atoms with Gasteiger partial charge in [-0.2, -0.15) is 0 Å². The smallest absolute Gasteiger partial charge is 0.227 e. The molecule has 0 aliphatic carbocycles. The molecule has 12 heteroatoms. The van der Waals surface area contributed by atoms with Gasteiger partial charge in [-0.05, 0) is 183 Å². The number of aromatic nitrogens is 8. The maximum absolute atomic E-state index is 6.28. The third-order valence-corrected chi connectivity index (χ3v) is 21.7. The van der Waals surface area contributed by atoms with Crippen molar-refractivity contribution < 1.29 is 35.9 Å². The van der Waals surface area contributed by atoms with Crippen LogP contribution in [0.3, 0.4) is 0 Å². The second-order valence-electron chi connectivity index (χ2n) is 29.3. The summed E-state index contributed by atoms with van der Waals surface area (Å²) in [7, 11) is 8.38. The summed E-state index contributed by atoms with van der Waals surface area (Å²) in [6, 6.07) is 84.3. The Kier molecular flexibility index (Phi) is 18.8. The molecule has 0 radical (unpaired) electrons. The maximum atomic E-state index is 6.28. The van der Waals surface area contributed by atoms with E-state index in [1.807, 2.05) is 42.5 Å². The van der Waals surface area contributed by atoms with E-state index in [1.165, 1.54) is 89.0 Å². The average Bonchev–Trinajstić information content (AvgIpc) is 1.61. The van der Waals surface area contributed by atoms with Crippen LogP contribution in [0.2, 0.25) is 0 Å². The van der Waals surface area contributed by atoms with E-state index in [2.05, 4.69) is 347 Å². The van der Waals surface area contributed by atoms with Crippen LogP contribution < -0.4 is 18.3 Å². The van der Waals surface area contributed by atoms with Crippen molar-refractivity contribution in [1.82, 2.24) is 19.9 Å². The second-order valence-corrected chi connectivity index (χ2v) is 29.3. The minimum absolute atomic E-state index is 0.683. The van der Waals surface area contributed by atoms with Crippen molar-refractivity contribution in [3.05, 3.63) is 337 Å². The Labute approximate surface area is 650 Å². The molecule has 12 heterocycles. The van der Waals surface area contributed by atoms with Gasteiger partial charge in [-0.25, -0.2) is 38.2 Å². The highest BCUT2D eigenvalue weighted by Gasteiger charge is 2.28. The Balaban J connectivity index is 0.000000108. The van der Waals surface area contributed by atoms with Gasteiger partial charge in [0.2, 0.25) is 45.6 Å². The summed E-state index contributed by atoms with van der Waals surface area (Å²) >= 11 is 0. The van der Waals surface area contributed by atoms with Crippen molar-refractivity contribution >= 4 is 88.3 Å². The van der Waals surface area contributed by atoms with Crippen LogP contribution in [0, 0.1) is 55.4 Å². The summed E-state index contributed by atoms with van der Waals surface area (Å²) in [5.41, 5.74) is 34.8. The number of benzene rings is 8. The summed E-state index contributed by atoms with van der Waals surface area (Å²) in [5, 5.41) is 8.76. The largest absolute Gasteiger partial charge is 0.437 e. The SMILES string of the molecule is Cc1cc(-c2c(C)cc(C)c3c2oc2ncccc23)[n+](C)cc1-c1ccccc1.Cc1cc(-c2c(C)ccc3c2oc2ncccc23)[n+](C)cc1-c1ccccc1.Cc1cc(C)c2c(oc3ncccc32)c1-c1ccc(-c2ccccc2)c[n+]1C.Cc1ccc2c(oc3ncccc32)c1-c1ccc(-c2ccccc2)c[n+]1C. The number of hydrogen-bond donors (Lipinski definition) is 0. The van der Waals surface area contributed by atoms with Crippen molar-refractivity contribution in [2.45, 2.75) is 55.4 Å². The van der Waals surface area contributed by atoms with Gasteiger partial charge in [0, 0.05) is 114 Å². The second kappa shape index (κ2) is 29.6. The number of fused-ring (bicyclic) bond motifs is 12. The van der Waals surface area contributed by atoms with Gasteiger partial charge in [-0.3, -0.25) is 0 Å². The molecule has 112 heavy (non-hydrogen) atoms. The molecular formula is C100H84N8O4+4. The first-order valence-electron chi connectivity index (χ1n) is 37.8. The van der Waals surface area contributed by atoms with E-state index >= 15 is 0 Å². The van der Waals surface area contributed by atoms with Gasteiger partial charge in [0.15, 0.2) is 47.1 Å². The zero-order valence-electron chi connectivity index (χ0n) is 64.9. The first kappa shape index (κ1) is 71.1. The Morgan fingerprint density at radius 3 is 0.911 bits per heavy atom. The van der Waals surface area contributed by atoms with E-state index in [9.17, 15) is 0 Å². The molecule has 0 saturated heterocycles. The molecule has 0 aliphatic rings. The molecule has 12 aromatic heterocycles. The van der Waals surface area contributed by atoms with Crippen LogP contribution in [0.4, 0.5) is 0 Å². The summed E-state index contributed by atoms with van der Waals surface area (Å²) in [6.07, 6.45) is 15.9. The van der Waals surface area contributed by atoms with E-state index in [1.54, 1.807) is 24.8 Å². The molecule has 0 saturated carbocycles. The van der Waals surface area contributed by atoms with Gasteiger partial charge in [0.05, 0.1) is 22.3 Å². The highest BCUT2D eigenvalue weighted by molar-refractivity contribution is 6.13. The van der Waals surface area contributed by atoms with Crippen molar-refractivity contribution in [2.75, 3.05) is 0 Å². The van der Waals surface area contributed by atoms with Crippen molar-refractivity contribution in [3.63, 3.8) is 0 Å². The Hall–Kier alpha value is -13.8. The Morgan fingerprint density at radius 1 is 0.223 bits per heavy atom. The average molecular weight is 1460 g/mol. The summed E-state index contributed by atoms with van der Waals surface area (Å²) in [5.74, 6) is 0. The van der Waals surface area contributed by atoms with Crippen LogP contribution in [0.1, 0.15) is 44.5 Å². The molecule has 20 aromatic rings. The van der Waals surface area contributed by atoms with Gasteiger partial charge < -0.3 is 17.7 Å². The van der Waals surface area contributed by atoms with Crippen LogP contribution >= 0.6 is 0 Å². The number of nitrogens with zero attached hydrogens (tertiary/aromatic N) is 8. The van der Waals surface area contributed by atoms with Crippen molar-refractivity contribution in [1.29, 1.82) is 0 Å². The monoisotopic (exact) mass is 1460 g/mol. The van der Waals surface area contributed by atoms with Crippen LogP contribution in [0.15, 0.2) is 310 Å². The third kappa shape index (κ3) is 13.1. The number of pyridine rings is 8. The minimum Gasteiger partial charge on any atom is -0.437 e. The standard InChI is InChI=1S/C26H23N2O.2C25H21N2O.C24H19N2O/c1-16-14-22(28(4)15-21(16)19-9-6-5-7-10-19)24-18(3)13-17(2)23-20-11-8-12-27-26(20)29-25(23)24;1-16-14-17(2)23(24-22(16)20-10-7-13-26-25(20)28-24)21-12-11-19(15-27(21)3)18-8-5-4-6-9-18;1-16-11-12-19-20-10-7-13-26-25(20)28-24(19)23(16)22-14-17(2)21(15-27(22)3)18-8-5-4-6-9-18;1-16-10-12-19-20-9-6-14-25-24(20)27-23(19)22(16)21-13-11-18(15-26(21)2)17-7-4-3-5-8-17/h5-15H,1-4H3;2*4-15H,1-3H3;3-15H,1-2H3/q4*+1. The van der Waals surface area contributed by atoms with Crippen LogP contribution in [0.25, 0.3) is 178 Å². The first-order valence-corrected chi connectivity index (χ1v) is 37.8. The van der Waals surface area contributed by atoms with E-state index < -0.39 is 0 Å². The van der Waals surface area contributed by atoms with Crippen molar-refractivity contribution in [3.8, 4) is 89.5 Å². The number of hydrogen-bond acceptors (Lipinski definition) is 8. The molecule has 8 aromatic carbocycles. The van der Waals surface area contributed by atoms with Crippen LogP contribution in [-0.4, -0.2) is 19.9 Å². The molecule has 544 valence electrons. The van der Waals surface area contributed by atoms with Gasteiger partial charge in [-0.15, -0.1) is 0 Å². The zero-order valence-corrected chi connectivity index (χ0v) is 64.9. The molecular weight excluding hydrogens is 1380 g/mol. The van der Waals surface area contributed by atoms with Gasteiger partial charge in [-0.1, -0.05) is 158 Å². The lowest BCUT2D eigenvalue weighted by Gasteiger charge is -2.11. The number of furan rings is 4. The molecule has 0 N–H and O–H groups in total. The Bertz CT molecular complexity index is 7020. The number of rotatable bonds is 8. The van der Waals surface area contributed by atoms with Gasteiger partial charge >= 0.3 is 0 Å². The number of aryl methyl sites for hydroxylation is 12. The minimum atomic E-state index is 0.683. The topological polar surface area (TPSA) is 120 Å². The summed E-state index contributed by atoms with van der Waals surface area (Å²) < 4.78 is 33.6. The highest BCUT2D eigenvalue weighted by atomic mass is 16.4. The molecule has 0 spiro atoms. The molecule has 20 rings (SSSR count). The van der Waals surface area contributed by atoms with E-state index in [0.29, 0.717) is 22.9 Å². The fourth-order valence-corrected chi connectivity index (χ4v) is 16.3.